The SMILES string of the molecule is CS(=O)Cc1cc(NC(=O)C2CCCC(C(=O)O)C2)ccc1Cl. The van der Waals surface area contributed by atoms with Crippen LogP contribution in [-0.2, 0) is 26.1 Å². The lowest BCUT2D eigenvalue weighted by Gasteiger charge is -2.25. The van der Waals surface area contributed by atoms with E-state index >= 15 is 0 Å². The molecule has 5 nitrogen and oxygen atoms in total. The van der Waals surface area contributed by atoms with Gasteiger partial charge >= 0.3 is 5.97 Å². The number of carbonyl (C=O) groups excluding carboxylic acids is 1. The molecule has 1 aliphatic carbocycles. The molecule has 0 aromatic heterocycles. The van der Waals surface area contributed by atoms with Gasteiger partial charge in [-0.1, -0.05) is 18.0 Å². The smallest absolute Gasteiger partial charge is 0.306 e. The summed E-state index contributed by atoms with van der Waals surface area (Å²) in [6.07, 6.45) is 4.05. The number of carboxylic acid groups (broad SMARTS) is 1. The van der Waals surface area contributed by atoms with Crippen molar-refractivity contribution in [2.24, 2.45) is 11.8 Å². The number of hydrogen-bond acceptors (Lipinski definition) is 3. The maximum atomic E-state index is 12.4. The van der Waals surface area contributed by atoms with Crippen molar-refractivity contribution in [3.63, 3.8) is 0 Å². The van der Waals surface area contributed by atoms with Gasteiger partial charge < -0.3 is 10.4 Å². The summed E-state index contributed by atoms with van der Waals surface area (Å²) >= 11 is 6.07. The number of carboxylic acids is 1. The molecule has 1 amide bonds. The van der Waals surface area contributed by atoms with Crippen molar-refractivity contribution in [2.45, 2.75) is 31.4 Å². The topological polar surface area (TPSA) is 83.5 Å². The number of carbonyl (C=O) groups is 2. The van der Waals surface area contributed by atoms with Gasteiger partial charge in [0.05, 0.1) is 5.92 Å². The van der Waals surface area contributed by atoms with E-state index in [0.29, 0.717) is 35.7 Å². The van der Waals surface area contributed by atoms with E-state index in [4.69, 9.17) is 16.7 Å². The molecule has 0 radical (unpaired) electrons. The van der Waals surface area contributed by atoms with E-state index in [-0.39, 0.29) is 11.8 Å². The van der Waals surface area contributed by atoms with Gasteiger partial charge in [0.25, 0.3) is 0 Å². The Morgan fingerprint density at radius 3 is 2.70 bits per heavy atom. The maximum Gasteiger partial charge on any atom is 0.306 e. The Morgan fingerprint density at radius 2 is 2.04 bits per heavy atom. The molecule has 2 N–H and O–H groups in total. The highest BCUT2D eigenvalue weighted by atomic mass is 35.5. The minimum atomic E-state index is -1.02. The Hall–Kier alpha value is -1.40. The minimum absolute atomic E-state index is 0.165. The van der Waals surface area contributed by atoms with Crippen molar-refractivity contribution < 1.29 is 18.9 Å². The number of nitrogens with one attached hydrogen (secondary N) is 1. The number of anilines is 1. The van der Waals surface area contributed by atoms with Gasteiger partial charge in [-0.05, 0) is 43.0 Å². The molecular weight excluding hydrogens is 338 g/mol. The molecule has 1 saturated carbocycles. The molecule has 23 heavy (non-hydrogen) atoms. The molecule has 0 bridgehead atoms. The van der Waals surface area contributed by atoms with Crippen LogP contribution in [0.25, 0.3) is 0 Å². The van der Waals surface area contributed by atoms with Crippen molar-refractivity contribution in [3.05, 3.63) is 28.8 Å². The van der Waals surface area contributed by atoms with Crippen molar-refractivity contribution in [1.29, 1.82) is 0 Å². The van der Waals surface area contributed by atoms with E-state index in [1.54, 1.807) is 24.5 Å². The van der Waals surface area contributed by atoms with Crippen molar-refractivity contribution in [2.75, 3.05) is 11.6 Å². The van der Waals surface area contributed by atoms with Crippen molar-refractivity contribution >= 4 is 40.0 Å². The van der Waals surface area contributed by atoms with Gasteiger partial charge in [-0.25, -0.2) is 0 Å². The Morgan fingerprint density at radius 1 is 1.35 bits per heavy atom. The van der Waals surface area contributed by atoms with Crippen LogP contribution >= 0.6 is 11.6 Å². The number of halogens is 1. The summed E-state index contributed by atoms with van der Waals surface area (Å²) in [6, 6.07) is 5.08. The van der Waals surface area contributed by atoms with Gasteiger partial charge in [-0.3, -0.25) is 13.8 Å². The largest absolute Gasteiger partial charge is 0.481 e. The fourth-order valence-corrected chi connectivity index (χ4v) is 3.82. The van der Waals surface area contributed by atoms with Crippen LogP contribution in [0.5, 0.6) is 0 Å². The molecule has 3 atom stereocenters. The normalized spacial score (nSPS) is 22.3. The maximum absolute atomic E-state index is 12.4. The zero-order valence-electron chi connectivity index (χ0n) is 12.9. The quantitative estimate of drug-likeness (QED) is 0.848. The molecule has 1 aromatic carbocycles. The molecule has 1 aromatic rings. The average molecular weight is 358 g/mol. The third-order valence-corrected chi connectivity index (χ3v) is 5.15. The molecule has 1 aliphatic rings. The second kappa shape index (κ2) is 7.93. The predicted octanol–water partition coefficient (Wildman–Crippen LogP) is 3.05. The zero-order valence-corrected chi connectivity index (χ0v) is 14.5. The molecule has 7 heteroatoms. The highest BCUT2D eigenvalue weighted by Crippen LogP contribution is 2.30. The fraction of sp³-hybridized carbons (Fsp3) is 0.500. The predicted molar refractivity (Wildman–Crippen MR) is 90.9 cm³/mol. The molecule has 3 unspecified atom stereocenters. The summed E-state index contributed by atoms with van der Waals surface area (Å²) in [7, 11) is -1.02. The first-order valence-electron chi connectivity index (χ1n) is 7.49. The third-order valence-electron chi connectivity index (χ3n) is 4.07. The highest BCUT2D eigenvalue weighted by Gasteiger charge is 2.31. The Labute approximate surface area is 142 Å². The van der Waals surface area contributed by atoms with Gasteiger partial charge in [0.2, 0.25) is 5.91 Å². The lowest BCUT2D eigenvalue weighted by molar-refractivity contribution is -0.143. The minimum Gasteiger partial charge on any atom is -0.481 e. The van der Waals surface area contributed by atoms with Crippen LogP contribution in [0.3, 0.4) is 0 Å². The Bertz CT molecular complexity index is 635. The first kappa shape index (κ1) is 17.9. The van der Waals surface area contributed by atoms with E-state index in [0.717, 1.165) is 12.0 Å². The van der Waals surface area contributed by atoms with Gasteiger partial charge in [0, 0.05) is 39.4 Å². The first-order chi connectivity index (χ1) is 10.9. The van der Waals surface area contributed by atoms with E-state index in [2.05, 4.69) is 5.32 Å². The summed E-state index contributed by atoms with van der Waals surface area (Å²) < 4.78 is 11.4. The Balaban J connectivity index is 2.05. The molecule has 0 saturated heterocycles. The van der Waals surface area contributed by atoms with Crippen LogP contribution in [0.4, 0.5) is 5.69 Å². The van der Waals surface area contributed by atoms with Crippen LogP contribution < -0.4 is 5.32 Å². The fourth-order valence-electron chi connectivity index (χ4n) is 2.88. The van der Waals surface area contributed by atoms with Gasteiger partial charge in [-0.15, -0.1) is 0 Å². The summed E-state index contributed by atoms with van der Waals surface area (Å²) in [6.45, 7) is 0. The van der Waals surface area contributed by atoms with Crippen LogP contribution in [0.15, 0.2) is 18.2 Å². The monoisotopic (exact) mass is 357 g/mol. The summed E-state index contributed by atoms with van der Waals surface area (Å²) in [5.41, 5.74) is 1.31. The van der Waals surface area contributed by atoms with Gasteiger partial charge in [0.15, 0.2) is 0 Å². The molecule has 0 heterocycles. The highest BCUT2D eigenvalue weighted by molar-refractivity contribution is 7.83. The molecule has 2 rings (SSSR count). The third kappa shape index (κ3) is 5.04. The summed E-state index contributed by atoms with van der Waals surface area (Å²) in [4.78, 5) is 23.4. The van der Waals surface area contributed by atoms with E-state index in [1.807, 2.05) is 0 Å². The lowest BCUT2D eigenvalue weighted by Crippen LogP contribution is -2.30. The van der Waals surface area contributed by atoms with E-state index < -0.39 is 22.7 Å². The number of hydrogen-bond donors (Lipinski definition) is 2. The van der Waals surface area contributed by atoms with Gasteiger partial charge in [-0.2, -0.15) is 0 Å². The molecule has 0 spiro atoms. The van der Waals surface area contributed by atoms with Crippen LogP contribution in [0.2, 0.25) is 5.02 Å². The molecule has 1 fully saturated rings. The van der Waals surface area contributed by atoms with E-state index in [1.165, 1.54) is 0 Å². The van der Waals surface area contributed by atoms with Crippen LogP contribution in [0, 0.1) is 11.8 Å². The molecule has 126 valence electrons. The summed E-state index contributed by atoms with van der Waals surface area (Å²) in [5, 5.41) is 12.4. The number of benzene rings is 1. The second-order valence-corrected chi connectivity index (χ2v) is 7.75. The average Bonchev–Trinajstić information content (AvgIpc) is 2.50. The lowest BCUT2D eigenvalue weighted by atomic mass is 9.81. The Kier molecular flexibility index (Phi) is 6.18. The first-order valence-corrected chi connectivity index (χ1v) is 9.59. The van der Waals surface area contributed by atoms with Crippen LogP contribution in [0.1, 0.15) is 31.2 Å². The number of aliphatic carboxylic acids is 1. The van der Waals surface area contributed by atoms with Crippen molar-refractivity contribution in [3.8, 4) is 0 Å². The zero-order chi connectivity index (χ0) is 17.0. The second-order valence-electron chi connectivity index (χ2n) is 5.91. The van der Waals surface area contributed by atoms with Gasteiger partial charge in [0.1, 0.15) is 0 Å². The number of amides is 1. The molecule has 0 aliphatic heterocycles. The standard InChI is InChI=1S/C16H20ClNO4S/c1-23(22)9-12-8-13(5-6-14(12)17)18-15(19)10-3-2-4-11(7-10)16(20)21/h5-6,8,10-11H,2-4,7,9H2,1H3,(H,18,19)(H,20,21). The van der Waals surface area contributed by atoms with E-state index in [9.17, 15) is 13.8 Å². The van der Waals surface area contributed by atoms with Crippen LogP contribution in [-0.4, -0.2) is 27.4 Å². The molecular formula is C16H20ClNO4S. The van der Waals surface area contributed by atoms with Crippen molar-refractivity contribution in [1.82, 2.24) is 0 Å². The summed E-state index contributed by atoms with van der Waals surface area (Å²) in [5.74, 6) is -1.40. The number of rotatable bonds is 5.